The molecule has 0 saturated carbocycles. The number of H-pyrrole nitrogens is 1. The quantitative estimate of drug-likeness (QED) is 0.762. The third-order valence-electron chi connectivity index (χ3n) is 4.19. The Hall–Kier alpha value is -2.67. The Labute approximate surface area is 132 Å². The minimum Gasteiger partial charge on any atom is -0.460 e. The van der Waals surface area contributed by atoms with Crippen LogP contribution in [0.1, 0.15) is 16.8 Å². The number of aromatic amines is 1. The maximum atomic E-state index is 12.2. The summed E-state index contributed by atoms with van der Waals surface area (Å²) >= 11 is 0. The number of rotatable bonds is 3. The summed E-state index contributed by atoms with van der Waals surface area (Å²) in [5.41, 5.74) is 3.50. The van der Waals surface area contributed by atoms with Crippen molar-refractivity contribution in [2.75, 3.05) is 18.9 Å². The Morgan fingerprint density at radius 3 is 3.30 bits per heavy atom. The molecule has 0 atom stereocenters. The van der Waals surface area contributed by atoms with E-state index in [0.29, 0.717) is 23.5 Å². The maximum Gasteiger partial charge on any atom is 0.253 e. The molecule has 3 aromatic rings. The number of fused-ring (bicyclic) bond motifs is 2. The first-order valence-corrected chi connectivity index (χ1v) is 7.56. The number of likely N-dealkylation sites (N-methyl/N-ethyl adjacent to an activating group) is 1. The lowest BCUT2D eigenvalue weighted by molar-refractivity contribution is 0.309. The second kappa shape index (κ2) is 5.51. The molecule has 0 saturated heterocycles. The SMILES string of the molecule is CN1CCc2[nH]c(=O)c(CNc3nncc4ccoc34)cc2C1. The first-order valence-electron chi connectivity index (χ1n) is 7.56. The molecule has 7 nitrogen and oxygen atoms in total. The van der Waals surface area contributed by atoms with Crippen molar-refractivity contribution in [1.82, 2.24) is 20.1 Å². The van der Waals surface area contributed by atoms with Crippen LogP contribution in [-0.4, -0.2) is 33.7 Å². The molecule has 0 radical (unpaired) electrons. The molecule has 7 heteroatoms. The molecular weight excluding hydrogens is 294 g/mol. The van der Waals surface area contributed by atoms with Crippen LogP contribution in [0.5, 0.6) is 0 Å². The van der Waals surface area contributed by atoms with Crippen molar-refractivity contribution in [1.29, 1.82) is 0 Å². The van der Waals surface area contributed by atoms with Gasteiger partial charge in [-0.2, -0.15) is 5.10 Å². The van der Waals surface area contributed by atoms with Gasteiger partial charge in [0.25, 0.3) is 5.56 Å². The molecular formula is C16H17N5O2. The van der Waals surface area contributed by atoms with Gasteiger partial charge in [-0.1, -0.05) is 0 Å². The fourth-order valence-electron chi connectivity index (χ4n) is 2.93. The second-order valence-corrected chi connectivity index (χ2v) is 5.87. The molecule has 4 heterocycles. The van der Waals surface area contributed by atoms with E-state index in [9.17, 15) is 4.79 Å². The highest BCUT2D eigenvalue weighted by atomic mass is 16.3. The average Bonchev–Trinajstić information content (AvgIpc) is 3.02. The summed E-state index contributed by atoms with van der Waals surface area (Å²) in [6.45, 7) is 2.20. The van der Waals surface area contributed by atoms with Crippen LogP contribution in [-0.2, 0) is 19.5 Å². The van der Waals surface area contributed by atoms with Crippen molar-refractivity contribution in [3.8, 4) is 0 Å². The van der Waals surface area contributed by atoms with Crippen LogP contribution in [0.15, 0.2) is 33.8 Å². The predicted octanol–water partition coefficient (Wildman–Crippen LogP) is 1.51. The molecule has 1 aliphatic rings. The summed E-state index contributed by atoms with van der Waals surface area (Å²) in [7, 11) is 2.08. The monoisotopic (exact) mass is 311 g/mol. The van der Waals surface area contributed by atoms with Gasteiger partial charge in [-0.15, -0.1) is 5.10 Å². The van der Waals surface area contributed by atoms with E-state index in [0.717, 1.165) is 30.6 Å². The van der Waals surface area contributed by atoms with Crippen molar-refractivity contribution in [3.63, 3.8) is 0 Å². The van der Waals surface area contributed by atoms with Crippen LogP contribution in [0.2, 0.25) is 0 Å². The molecule has 0 aliphatic carbocycles. The smallest absolute Gasteiger partial charge is 0.253 e. The van der Waals surface area contributed by atoms with Crippen LogP contribution in [0.25, 0.3) is 11.0 Å². The lowest BCUT2D eigenvalue weighted by Gasteiger charge is -2.24. The zero-order chi connectivity index (χ0) is 15.8. The Morgan fingerprint density at radius 1 is 1.48 bits per heavy atom. The van der Waals surface area contributed by atoms with Crippen molar-refractivity contribution >= 4 is 16.8 Å². The number of aromatic nitrogens is 3. The Kier molecular flexibility index (Phi) is 3.34. The molecule has 3 aromatic heterocycles. The highest BCUT2D eigenvalue weighted by Gasteiger charge is 2.16. The number of hydrogen-bond acceptors (Lipinski definition) is 6. The first-order chi connectivity index (χ1) is 11.2. The van der Waals surface area contributed by atoms with E-state index in [1.807, 2.05) is 12.1 Å². The van der Waals surface area contributed by atoms with E-state index in [1.165, 1.54) is 5.56 Å². The van der Waals surface area contributed by atoms with Gasteiger partial charge in [0.2, 0.25) is 0 Å². The fraction of sp³-hybridized carbons (Fsp3) is 0.312. The summed E-state index contributed by atoms with van der Waals surface area (Å²) < 4.78 is 5.41. The molecule has 118 valence electrons. The number of pyridine rings is 1. The highest BCUT2D eigenvalue weighted by molar-refractivity contribution is 5.85. The van der Waals surface area contributed by atoms with E-state index >= 15 is 0 Å². The molecule has 0 unspecified atom stereocenters. The largest absolute Gasteiger partial charge is 0.460 e. The molecule has 23 heavy (non-hydrogen) atoms. The minimum absolute atomic E-state index is 0.0552. The van der Waals surface area contributed by atoms with Crippen molar-refractivity contribution in [2.24, 2.45) is 0 Å². The second-order valence-electron chi connectivity index (χ2n) is 5.87. The molecule has 0 fully saturated rings. The molecule has 4 rings (SSSR count). The summed E-state index contributed by atoms with van der Waals surface area (Å²) in [6.07, 6.45) is 4.12. The zero-order valence-corrected chi connectivity index (χ0v) is 12.8. The normalized spacial score (nSPS) is 14.8. The Balaban J connectivity index is 1.61. The number of anilines is 1. The third-order valence-corrected chi connectivity index (χ3v) is 4.19. The Bertz CT molecular complexity index is 914. The molecule has 2 N–H and O–H groups in total. The van der Waals surface area contributed by atoms with Crippen molar-refractivity contribution < 1.29 is 4.42 Å². The third kappa shape index (κ3) is 2.59. The summed E-state index contributed by atoms with van der Waals surface area (Å²) in [4.78, 5) is 17.5. The number of nitrogens with zero attached hydrogens (tertiary/aromatic N) is 3. The topological polar surface area (TPSA) is 87.0 Å². The Morgan fingerprint density at radius 2 is 2.39 bits per heavy atom. The van der Waals surface area contributed by atoms with Gasteiger partial charge in [0.1, 0.15) is 0 Å². The van der Waals surface area contributed by atoms with Crippen LogP contribution < -0.4 is 10.9 Å². The average molecular weight is 311 g/mol. The van der Waals surface area contributed by atoms with Crippen LogP contribution >= 0.6 is 0 Å². The van der Waals surface area contributed by atoms with Gasteiger partial charge in [0.05, 0.1) is 12.5 Å². The summed E-state index contributed by atoms with van der Waals surface area (Å²) in [5.74, 6) is 0.543. The zero-order valence-electron chi connectivity index (χ0n) is 12.8. The molecule has 0 spiro atoms. The summed E-state index contributed by atoms with van der Waals surface area (Å²) in [5, 5.41) is 12.0. The van der Waals surface area contributed by atoms with Gasteiger partial charge >= 0.3 is 0 Å². The lowest BCUT2D eigenvalue weighted by Crippen LogP contribution is -2.30. The number of nitrogens with one attached hydrogen (secondary N) is 2. The van der Waals surface area contributed by atoms with E-state index in [1.54, 1.807) is 12.5 Å². The van der Waals surface area contributed by atoms with E-state index in [-0.39, 0.29) is 5.56 Å². The van der Waals surface area contributed by atoms with Gasteiger partial charge in [0, 0.05) is 42.7 Å². The molecule has 0 amide bonds. The van der Waals surface area contributed by atoms with Gasteiger partial charge in [0.15, 0.2) is 11.4 Å². The fourth-order valence-corrected chi connectivity index (χ4v) is 2.93. The van der Waals surface area contributed by atoms with Gasteiger partial charge in [-0.05, 0) is 24.7 Å². The van der Waals surface area contributed by atoms with E-state index in [2.05, 4.69) is 32.4 Å². The van der Waals surface area contributed by atoms with Crippen molar-refractivity contribution in [2.45, 2.75) is 19.5 Å². The predicted molar refractivity (Wildman–Crippen MR) is 86.2 cm³/mol. The summed E-state index contributed by atoms with van der Waals surface area (Å²) in [6, 6.07) is 3.81. The van der Waals surface area contributed by atoms with Gasteiger partial charge in [-0.3, -0.25) is 4.79 Å². The van der Waals surface area contributed by atoms with E-state index < -0.39 is 0 Å². The lowest BCUT2D eigenvalue weighted by atomic mass is 10.0. The maximum absolute atomic E-state index is 12.2. The number of furan rings is 1. The van der Waals surface area contributed by atoms with Gasteiger partial charge < -0.3 is 19.6 Å². The molecule has 0 bridgehead atoms. The van der Waals surface area contributed by atoms with Crippen LogP contribution in [0.4, 0.5) is 5.82 Å². The van der Waals surface area contributed by atoms with Gasteiger partial charge in [-0.25, -0.2) is 0 Å². The van der Waals surface area contributed by atoms with E-state index in [4.69, 9.17) is 4.42 Å². The van der Waals surface area contributed by atoms with Crippen molar-refractivity contribution in [3.05, 3.63) is 51.8 Å². The van der Waals surface area contributed by atoms with Crippen LogP contribution in [0, 0.1) is 0 Å². The number of hydrogen-bond donors (Lipinski definition) is 2. The molecule has 0 aromatic carbocycles. The first kappa shape index (κ1) is 14.0. The molecule has 1 aliphatic heterocycles. The highest BCUT2D eigenvalue weighted by Crippen LogP contribution is 2.21. The van der Waals surface area contributed by atoms with Crippen LogP contribution in [0.3, 0.4) is 0 Å². The minimum atomic E-state index is -0.0552. The standard InChI is InChI=1S/C16H17N5O2/c1-21-4-2-13-12(9-21)6-11(16(22)19-13)7-17-15-14-10(3-5-23-14)8-18-20-15/h3,5-6,8H,2,4,7,9H2,1H3,(H,17,20)(H,19,22).